The van der Waals surface area contributed by atoms with Gasteiger partial charge in [0.15, 0.2) is 10.5 Å². The van der Waals surface area contributed by atoms with Crippen LogP contribution in [-0.4, -0.2) is 61.8 Å². The highest BCUT2D eigenvalue weighted by Crippen LogP contribution is 2.42. The van der Waals surface area contributed by atoms with Gasteiger partial charge in [0, 0.05) is 37.6 Å². The molecule has 174 valence electrons. The summed E-state index contributed by atoms with van der Waals surface area (Å²) in [6.45, 7) is 3.69. The van der Waals surface area contributed by atoms with Gasteiger partial charge in [-0.25, -0.2) is 9.80 Å². The smallest absolute Gasteiger partial charge is 0.347 e. The number of non-ortho nitro benzene ring substituents is 1. The van der Waals surface area contributed by atoms with Crippen molar-refractivity contribution in [2.24, 2.45) is 5.10 Å². The lowest BCUT2D eigenvalue weighted by atomic mass is 10.1. The number of hydroxylamine groups is 2. The molecule has 0 unspecified atom stereocenters. The zero-order chi connectivity index (χ0) is 24.3. The molecule has 0 radical (unpaired) electrons. The molecule has 1 heterocycles. The third kappa shape index (κ3) is 5.59. The van der Waals surface area contributed by atoms with Crippen LogP contribution in [0.4, 0.5) is 21.9 Å². The molecular weight excluding hydrogens is 464 g/mol. The lowest BCUT2D eigenvalue weighted by molar-refractivity contribution is -0.384. The van der Waals surface area contributed by atoms with Gasteiger partial charge >= 0.3 is 6.03 Å². The van der Waals surface area contributed by atoms with Crippen molar-refractivity contribution in [2.45, 2.75) is 24.8 Å². The first-order chi connectivity index (χ1) is 15.5. The number of nitrogens with zero attached hydrogens (tertiary/aromatic N) is 5. The minimum absolute atomic E-state index is 0.105. The van der Waals surface area contributed by atoms with Crippen LogP contribution in [0.1, 0.15) is 19.4 Å². The van der Waals surface area contributed by atoms with E-state index in [2.05, 4.69) is 10.4 Å². The largest absolute Gasteiger partial charge is 0.378 e. The molecule has 0 spiro atoms. The minimum Gasteiger partial charge on any atom is -0.378 e. The fraction of sp³-hybridized carbons (Fsp3) is 0.286. The molecule has 1 aliphatic rings. The van der Waals surface area contributed by atoms with Crippen molar-refractivity contribution < 1.29 is 14.9 Å². The summed E-state index contributed by atoms with van der Waals surface area (Å²) in [6.07, 6.45) is 0.730. The van der Waals surface area contributed by atoms with E-state index in [1.807, 2.05) is 57.1 Å². The van der Waals surface area contributed by atoms with Crippen LogP contribution in [0.5, 0.6) is 0 Å². The Morgan fingerprint density at radius 3 is 2.39 bits per heavy atom. The molecule has 1 saturated heterocycles. The highest BCUT2D eigenvalue weighted by Gasteiger charge is 2.50. The molecule has 12 heteroatoms. The first-order valence-corrected chi connectivity index (χ1v) is 11.1. The van der Waals surface area contributed by atoms with E-state index in [0.29, 0.717) is 15.1 Å². The fourth-order valence-electron chi connectivity index (χ4n) is 3.17. The van der Waals surface area contributed by atoms with Crippen LogP contribution in [0.25, 0.3) is 0 Å². The first-order valence-electron chi connectivity index (χ1n) is 9.87. The van der Waals surface area contributed by atoms with Crippen LogP contribution in [0.15, 0.2) is 53.6 Å². The first kappa shape index (κ1) is 24.4. The van der Waals surface area contributed by atoms with E-state index in [4.69, 9.17) is 12.2 Å². The number of benzene rings is 2. The average Bonchev–Trinajstić information content (AvgIpc) is 2.99. The van der Waals surface area contributed by atoms with E-state index in [0.717, 1.165) is 11.3 Å². The summed E-state index contributed by atoms with van der Waals surface area (Å²) < 4.78 is -0.251. The van der Waals surface area contributed by atoms with Crippen LogP contribution in [0.2, 0.25) is 0 Å². The zero-order valence-corrected chi connectivity index (χ0v) is 20.1. The molecule has 2 aromatic carbocycles. The maximum absolute atomic E-state index is 12.7. The predicted octanol–water partition coefficient (Wildman–Crippen LogP) is 4.36. The van der Waals surface area contributed by atoms with E-state index in [1.165, 1.54) is 41.0 Å². The van der Waals surface area contributed by atoms with Gasteiger partial charge in [-0.2, -0.15) is 10.2 Å². The van der Waals surface area contributed by atoms with Crippen LogP contribution in [0.3, 0.4) is 0 Å². The molecule has 2 N–H and O–H groups in total. The molecule has 1 fully saturated rings. The number of thiocarbonyl (C=S) groups is 1. The Morgan fingerprint density at radius 2 is 1.85 bits per heavy atom. The monoisotopic (exact) mass is 488 g/mol. The molecule has 0 aromatic heterocycles. The van der Waals surface area contributed by atoms with E-state index in [1.54, 1.807) is 6.21 Å². The van der Waals surface area contributed by atoms with Crippen LogP contribution >= 0.6 is 24.0 Å². The number of nitro groups is 1. The van der Waals surface area contributed by atoms with Crippen molar-refractivity contribution in [1.82, 2.24) is 10.1 Å². The molecule has 0 bridgehead atoms. The van der Waals surface area contributed by atoms with Gasteiger partial charge in [0.05, 0.1) is 15.9 Å². The third-order valence-corrected chi connectivity index (χ3v) is 6.44. The zero-order valence-electron chi connectivity index (χ0n) is 18.5. The van der Waals surface area contributed by atoms with Gasteiger partial charge < -0.3 is 10.2 Å². The van der Waals surface area contributed by atoms with E-state index >= 15 is 0 Å². The number of carbonyl (C=O) groups excluding carboxylic acids is 1. The number of anilines is 2. The second-order valence-corrected chi connectivity index (χ2v) is 10.3. The van der Waals surface area contributed by atoms with Gasteiger partial charge in [-0.3, -0.25) is 15.3 Å². The van der Waals surface area contributed by atoms with Gasteiger partial charge in [0.1, 0.15) is 0 Å². The molecule has 1 aliphatic heterocycles. The van der Waals surface area contributed by atoms with Crippen molar-refractivity contribution in [3.8, 4) is 0 Å². The summed E-state index contributed by atoms with van der Waals surface area (Å²) in [5, 5.41) is 30.5. The van der Waals surface area contributed by atoms with Crippen LogP contribution in [0, 0.1) is 10.1 Å². The van der Waals surface area contributed by atoms with Gasteiger partial charge in [0.2, 0.25) is 0 Å². The molecule has 33 heavy (non-hydrogen) atoms. The Labute approximate surface area is 201 Å². The Bertz CT molecular complexity index is 1070. The van der Waals surface area contributed by atoms with Crippen molar-refractivity contribution in [3.63, 3.8) is 0 Å². The summed E-state index contributed by atoms with van der Waals surface area (Å²) in [5.41, 5.74) is 2.07. The summed E-state index contributed by atoms with van der Waals surface area (Å²) in [5.74, 6) is 0. The number of hydrogen-bond donors (Lipinski definition) is 2. The number of hydrogen-bond acceptors (Lipinski definition) is 8. The molecule has 3 rings (SSSR count). The number of rotatable bonds is 6. The number of hydrazone groups is 1. The number of thioether (sulfide) groups is 1. The number of urea groups is 1. The topological polar surface area (TPSA) is 115 Å². The Morgan fingerprint density at radius 1 is 1.24 bits per heavy atom. The number of nitro benzene ring substituents is 1. The lowest BCUT2D eigenvalue weighted by Gasteiger charge is -2.34. The maximum atomic E-state index is 12.7. The fourth-order valence-corrected chi connectivity index (χ4v) is 4.96. The predicted molar refractivity (Wildman–Crippen MR) is 134 cm³/mol. The van der Waals surface area contributed by atoms with E-state index in [-0.39, 0.29) is 5.69 Å². The summed E-state index contributed by atoms with van der Waals surface area (Å²) >= 11 is 6.76. The molecule has 0 aliphatic carbocycles. The highest BCUT2D eigenvalue weighted by molar-refractivity contribution is 8.24. The van der Waals surface area contributed by atoms with Crippen molar-refractivity contribution in [2.75, 3.05) is 24.3 Å². The molecule has 2 amide bonds. The SMILES string of the molecule is CN(C)c1ccc(/C=N\N2C(=S)SC(C)(C)[C@@H]2N(O)C(=O)Nc2ccc([N+](=O)[O-])cc2)cc1. The number of nitrogens with one attached hydrogen (secondary N) is 1. The van der Waals surface area contributed by atoms with E-state index < -0.39 is 21.9 Å². The second kappa shape index (κ2) is 9.73. The molecular formula is C21H24N6O4S2. The average molecular weight is 489 g/mol. The third-order valence-electron chi connectivity index (χ3n) is 4.90. The van der Waals surface area contributed by atoms with Crippen molar-refractivity contribution in [3.05, 3.63) is 64.2 Å². The Kier molecular flexibility index (Phi) is 7.20. The normalized spacial score (nSPS) is 17.3. The van der Waals surface area contributed by atoms with Crippen LogP contribution < -0.4 is 10.2 Å². The van der Waals surface area contributed by atoms with Crippen molar-refractivity contribution in [1.29, 1.82) is 0 Å². The van der Waals surface area contributed by atoms with Crippen molar-refractivity contribution >= 4 is 57.6 Å². The standard InChI is InChI=1S/C21H24N6O4S2/c1-21(2)18(26(29)19(28)23-15-7-11-17(12-8-15)27(30)31)25(20(32)33-21)22-13-14-5-9-16(10-6-14)24(3)4/h5-13,18,29H,1-4H3,(H,23,28)/b22-13-/t18-/m0/s1. The van der Waals surface area contributed by atoms with Gasteiger partial charge in [0.25, 0.3) is 5.69 Å². The number of carbonyl (C=O) groups is 1. The second-order valence-electron chi connectivity index (χ2n) is 8.00. The van der Waals surface area contributed by atoms with E-state index in [9.17, 15) is 20.1 Å². The summed E-state index contributed by atoms with van der Waals surface area (Å²) in [6, 6.07) is 12.2. The lowest BCUT2D eigenvalue weighted by Crippen LogP contribution is -2.54. The van der Waals surface area contributed by atoms with Gasteiger partial charge in [-0.15, -0.1) is 0 Å². The quantitative estimate of drug-likeness (QED) is 0.203. The Hall–Kier alpha value is -3.22. The van der Waals surface area contributed by atoms with Gasteiger partial charge in [-0.1, -0.05) is 36.1 Å². The van der Waals surface area contributed by atoms with Crippen LogP contribution in [-0.2, 0) is 0 Å². The Balaban J connectivity index is 1.77. The highest BCUT2D eigenvalue weighted by atomic mass is 32.2. The van der Waals surface area contributed by atoms with Gasteiger partial charge in [-0.05, 0) is 43.7 Å². The molecule has 2 aromatic rings. The molecule has 10 nitrogen and oxygen atoms in total. The molecule has 1 atom stereocenters. The number of amides is 2. The minimum atomic E-state index is -0.884. The molecule has 0 saturated carbocycles. The summed E-state index contributed by atoms with van der Waals surface area (Å²) in [4.78, 5) is 25.0. The summed E-state index contributed by atoms with van der Waals surface area (Å²) in [7, 11) is 3.90. The maximum Gasteiger partial charge on any atom is 0.347 e.